The van der Waals surface area contributed by atoms with Crippen LogP contribution in [0.25, 0.3) is 10.9 Å². The van der Waals surface area contributed by atoms with E-state index in [-0.39, 0.29) is 5.82 Å². The highest BCUT2D eigenvalue weighted by molar-refractivity contribution is 6.17. The van der Waals surface area contributed by atoms with Gasteiger partial charge in [0, 0.05) is 28.3 Å². The van der Waals surface area contributed by atoms with Gasteiger partial charge in [-0.15, -0.1) is 0 Å². The van der Waals surface area contributed by atoms with Crippen LogP contribution in [0, 0.1) is 12.7 Å². The quantitative estimate of drug-likeness (QED) is 0.636. The third-order valence-corrected chi connectivity index (χ3v) is 4.57. The first-order valence-electron chi connectivity index (χ1n) is 7.73. The Morgan fingerprint density at radius 2 is 1.74 bits per heavy atom. The minimum atomic E-state index is -0.561. The summed E-state index contributed by atoms with van der Waals surface area (Å²) < 4.78 is 14.3. The highest BCUT2D eigenvalue weighted by Gasteiger charge is 2.35. The molecule has 0 fully saturated rings. The van der Waals surface area contributed by atoms with Gasteiger partial charge in [-0.2, -0.15) is 0 Å². The number of hydrogen-bond acceptors (Lipinski definition) is 2. The summed E-state index contributed by atoms with van der Waals surface area (Å²) >= 11 is 0. The average Bonchev–Trinajstić information content (AvgIpc) is 2.80. The van der Waals surface area contributed by atoms with Crippen LogP contribution >= 0.6 is 0 Å². The highest BCUT2D eigenvalue weighted by Crippen LogP contribution is 2.39. The van der Waals surface area contributed by atoms with Gasteiger partial charge in [-0.3, -0.25) is 9.98 Å². The van der Waals surface area contributed by atoms with E-state index in [0.29, 0.717) is 5.56 Å². The van der Waals surface area contributed by atoms with Gasteiger partial charge in [-0.1, -0.05) is 30.3 Å². The summed E-state index contributed by atoms with van der Waals surface area (Å²) in [5.74, 6) is -0.197. The molecule has 1 aliphatic heterocycles. The third-order valence-electron chi connectivity index (χ3n) is 4.57. The summed E-state index contributed by atoms with van der Waals surface area (Å²) in [6.07, 6.45) is 1.85. The molecule has 2 heterocycles. The van der Waals surface area contributed by atoms with Crippen molar-refractivity contribution >= 4 is 16.6 Å². The Hall–Kier alpha value is -2.55. The number of para-hydroxylation sites is 1. The SMILES string of the molecule is Cc1c(C2=NC(C)(C)c3c(F)cccc32)cnc2ccccc12. The second-order valence-electron chi connectivity index (χ2n) is 6.50. The van der Waals surface area contributed by atoms with Crippen molar-refractivity contribution < 1.29 is 4.39 Å². The van der Waals surface area contributed by atoms with Gasteiger partial charge in [0.25, 0.3) is 0 Å². The standard InChI is InChI=1S/C20H17FN2/c1-12-13-7-4-5-10-17(13)22-11-15(12)19-14-8-6-9-16(21)18(14)20(2,3)23-19/h4-11H,1-3H3. The largest absolute Gasteiger partial charge is 0.273 e. The van der Waals surface area contributed by atoms with Crippen molar-refractivity contribution in [2.75, 3.05) is 0 Å². The fourth-order valence-electron chi connectivity index (χ4n) is 3.46. The second-order valence-corrected chi connectivity index (χ2v) is 6.50. The number of fused-ring (bicyclic) bond motifs is 2. The molecule has 0 atom stereocenters. The van der Waals surface area contributed by atoms with Crippen LogP contribution in [-0.2, 0) is 5.54 Å². The molecule has 4 rings (SSSR count). The third kappa shape index (κ3) is 2.00. The lowest BCUT2D eigenvalue weighted by Crippen LogP contribution is -2.12. The van der Waals surface area contributed by atoms with Gasteiger partial charge in [0.15, 0.2) is 0 Å². The summed E-state index contributed by atoms with van der Waals surface area (Å²) in [6, 6.07) is 13.2. The molecule has 0 N–H and O–H groups in total. The molecule has 114 valence electrons. The van der Waals surface area contributed by atoms with Gasteiger partial charge in [-0.25, -0.2) is 4.39 Å². The Balaban J connectivity index is 2.00. The van der Waals surface area contributed by atoms with Gasteiger partial charge in [0.1, 0.15) is 5.82 Å². The molecular formula is C20H17FN2. The summed E-state index contributed by atoms with van der Waals surface area (Å²) in [5.41, 5.74) is 4.88. The van der Waals surface area contributed by atoms with Crippen molar-refractivity contribution in [3.63, 3.8) is 0 Å². The van der Waals surface area contributed by atoms with Crippen LogP contribution in [0.3, 0.4) is 0 Å². The van der Waals surface area contributed by atoms with E-state index in [1.54, 1.807) is 6.07 Å². The molecular weight excluding hydrogens is 287 g/mol. The van der Waals surface area contributed by atoms with E-state index >= 15 is 0 Å². The molecule has 0 bridgehead atoms. The minimum Gasteiger partial charge on any atom is -0.273 e. The van der Waals surface area contributed by atoms with E-state index in [9.17, 15) is 4.39 Å². The Morgan fingerprint density at radius 3 is 2.57 bits per heavy atom. The molecule has 0 spiro atoms. The van der Waals surface area contributed by atoms with Gasteiger partial charge >= 0.3 is 0 Å². The van der Waals surface area contributed by atoms with E-state index in [2.05, 4.69) is 18.0 Å². The Morgan fingerprint density at radius 1 is 0.957 bits per heavy atom. The summed E-state index contributed by atoms with van der Waals surface area (Å²) in [6.45, 7) is 5.98. The van der Waals surface area contributed by atoms with E-state index in [1.165, 1.54) is 6.07 Å². The van der Waals surface area contributed by atoms with Gasteiger partial charge in [0.05, 0.1) is 16.8 Å². The number of halogens is 1. The molecule has 0 aliphatic carbocycles. The number of benzene rings is 2. The average molecular weight is 304 g/mol. The second kappa shape index (κ2) is 4.72. The first kappa shape index (κ1) is 14.1. The van der Waals surface area contributed by atoms with Crippen LogP contribution in [0.15, 0.2) is 53.7 Å². The molecule has 0 amide bonds. The zero-order valence-corrected chi connectivity index (χ0v) is 13.4. The summed E-state index contributed by atoms with van der Waals surface area (Å²) in [4.78, 5) is 9.38. The molecule has 2 nitrogen and oxygen atoms in total. The molecule has 0 saturated heterocycles. The predicted molar refractivity (Wildman–Crippen MR) is 91.5 cm³/mol. The fourth-order valence-corrected chi connectivity index (χ4v) is 3.46. The van der Waals surface area contributed by atoms with E-state index in [1.807, 2.05) is 44.3 Å². The minimum absolute atomic E-state index is 0.197. The van der Waals surface area contributed by atoms with Crippen LogP contribution in [0.5, 0.6) is 0 Å². The van der Waals surface area contributed by atoms with E-state index in [4.69, 9.17) is 4.99 Å². The van der Waals surface area contributed by atoms with Gasteiger partial charge in [-0.05, 0) is 38.5 Å². The maximum absolute atomic E-state index is 14.3. The van der Waals surface area contributed by atoms with Crippen LogP contribution in [0.4, 0.5) is 4.39 Å². The molecule has 1 aliphatic rings. The zero-order chi connectivity index (χ0) is 16.2. The van der Waals surface area contributed by atoms with Crippen molar-refractivity contribution in [1.82, 2.24) is 4.98 Å². The topological polar surface area (TPSA) is 25.2 Å². The van der Waals surface area contributed by atoms with Crippen molar-refractivity contribution in [2.24, 2.45) is 4.99 Å². The van der Waals surface area contributed by atoms with E-state index < -0.39 is 5.54 Å². The number of aliphatic imine (C=N–C) groups is 1. The number of hydrogen-bond donors (Lipinski definition) is 0. The Kier molecular flexibility index (Phi) is 2.89. The molecule has 0 saturated carbocycles. The summed E-state index contributed by atoms with van der Waals surface area (Å²) in [7, 11) is 0. The number of aromatic nitrogens is 1. The molecule has 0 radical (unpaired) electrons. The molecule has 3 aromatic rings. The first-order valence-corrected chi connectivity index (χ1v) is 7.73. The highest BCUT2D eigenvalue weighted by atomic mass is 19.1. The number of aryl methyl sites for hydroxylation is 1. The Bertz CT molecular complexity index is 971. The van der Waals surface area contributed by atoms with Crippen LogP contribution in [-0.4, -0.2) is 10.7 Å². The van der Waals surface area contributed by atoms with Gasteiger partial charge in [0.2, 0.25) is 0 Å². The maximum atomic E-state index is 14.3. The van der Waals surface area contributed by atoms with Crippen LogP contribution in [0.2, 0.25) is 0 Å². The van der Waals surface area contributed by atoms with Crippen molar-refractivity contribution in [3.05, 3.63) is 76.7 Å². The number of nitrogens with zero attached hydrogens (tertiary/aromatic N) is 2. The lowest BCUT2D eigenvalue weighted by Gasteiger charge is -2.16. The monoisotopic (exact) mass is 304 g/mol. The van der Waals surface area contributed by atoms with Crippen molar-refractivity contribution in [2.45, 2.75) is 26.3 Å². The molecule has 2 aromatic carbocycles. The summed E-state index contributed by atoms with van der Waals surface area (Å²) in [5, 5.41) is 1.11. The molecule has 1 aromatic heterocycles. The predicted octanol–water partition coefficient (Wildman–Crippen LogP) is 4.77. The molecule has 3 heteroatoms. The maximum Gasteiger partial charge on any atom is 0.129 e. The zero-order valence-electron chi connectivity index (χ0n) is 13.4. The normalized spacial score (nSPS) is 15.6. The lowest BCUT2D eigenvalue weighted by molar-refractivity contribution is 0.514. The first-order chi connectivity index (χ1) is 11.0. The Labute approximate surface area is 134 Å². The lowest BCUT2D eigenvalue weighted by atomic mass is 9.90. The fraction of sp³-hybridized carbons (Fsp3) is 0.200. The smallest absolute Gasteiger partial charge is 0.129 e. The van der Waals surface area contributed by atoms with Gasteiger partial charge < -0.3 is 0 Å². The van der Waals surface area contributed by atoms with Crippen molar-refractivity contribution in [1.29, 1.82) is 0 Å². The van der Waals surface area contributed by atoms with Crippen LogP contribution < -0.4 is 0 Å². The molecule has 23 heavy (non-hydrogen) atoms. The van der Waals surface area contributed by atoms with Crippen molar-refractivity contribution in [3.8, 4) is 0 Å². The number of pyridine rings is 1. The van der Waals surface area contributed by atoms with Crippen LogP contribution in [0.1, 0.15) is 36.1 Å². The number of rotatable bonds is 1. The van der Waals surface area contributed by atoms with E-state index in [0.717, 1.165) is 33.3 Å². The molecule has 0 unspecified atom stereocenters.